The normalized spacial score (nSPS) is 26.0. The summed E-state index contributed by atoms with van der Waals surface area (Å²) in [5.74, 6) is 0.690. The number of nitrogens with zero attached hydrogens (tertiary/aromatic N) is 4. The third-order valence-electron chi connectivity index (χ3n) is 7.48. The highest BCUT2D eigenvalue weighted by Crippen LogP contribution is 2.48. The molecule has 2 saturated carbocycles. The average Bonchev–Trinajstić information content (AvgIpc) is 3.78. The van der Waals surface area contributed by atoms with Gasteiger partial charge in [-0.15, -0.1) is 0 Å². The molecule has 6 rings (SSSR count). The van der Waals surface area contributed by atoms with Crippen LogP contribution in [0.15, 0.2) is 24.5 Å². The number of anilines is 2. The number of ether oxygens (including phenoxy) is 3. The molecule has 10 heteroatoms. The van der Waals surface area contributed by atoms with E-state index in [1.54, 1.807) is 11.0 Å². The fourth-order valence-electron chi connectivity index (χ4n) is 5.05. The van der Waals surface area contributed by atoms with Gasteiger partial charge in [-0.05, 0) is 56.7 Å². The number of nitriles is 1. The molecular weight excluding hydrogens is 465 g/mol. The van der Waals surface area contributed by atoms with E-state index in [4.69, 9.17) is 19.5 Å². The van der Waals surface area contributed by atoms with Crippen molar-refractivity contribution >= 4 is 17.6 Å². The Balaban J connectivity index is 1.22. The Morgan fingerprint density at radius 1 is 1.25 bits per heavy atom. The van der Waals surface area contributed by atoms with E-state index in [1.807, 2.05) is 13.0 Å². The molecular formula is C26H28FN5O4. The van der Waals surface area contributed by atoms with Gasteiger partial charge in [0.05, 0.1) is 36.1 Å². The predicted octanol–water partition coefficient (Wildman–Crippen LogP) is 4.12. The monoisotopic (exact) mass is 493 g/mol. The van der Waals surface area contributed by atoms with Gasteiger partial charge in [-0.1, -0.05) is 0 Å². The number of benzene rings is 1. The van der Waals surface area contributed by atoms with Crippen molar-refractivity contribution in [1.82, 2.24) is 14.9 Å². The molecule has 2 aliphatic heterocycles. The summed E-state index contributed by atoms with van der Waals surface area (Å²) in [5.41, 5.74) is 1.02. The second-order valence-corrected chi connectivity index (χ2v) is 10.5. The van der Waals surface area contributed by atoms with Gasteiger partial charge in [-0.2, -0.15) is 5.26 Å². The van der Waals surface area contributed by atoms with Crippen molar-refractivity contribution in [2.45, 2.75) is 50.2 Å². The lowest BCUT2D eigenvalue weighted by atomic mass is 9.84. The number of amides is 1. The van der Waals surface area contributed by atoms with Crippen LogP contribution in [0.5, 0.6) is 5.88 Å². The zero-order valence-electron chi connectivity index (χ0n) is 20.1. The van der Waals surface area contributed by atoms with Gasteiger partial charge in [0.15, 0.2) is 0 Å². The summed E-state index contributed by atoms with van der Waals surface area (Å²) in [5, 5.41) is 12.1. The van der Waals surface area contributed by atoms with Crippen LogP contribution in [0.4, 0.5) is 20.7 Å². The lowest BCUT2D eigenvalue weighted by molar-refractivity contribution is -0.112. The number of aromatic nitrogens is 2. The summed E-state index contributed by atoms with van der Waals surface area (Å²) in [4.78, 5) is 23.4. The number of carbonyl (C=O) groups excluding carboxylic acids is 1. The van der Waals surface area contributed by atoms with Crippen LogP contribution in [-0.4, -0.2) is 59.0 Å². The Hall–Kier alpha value is -3.45. The quantitative estimate of drug-likeness (QED) is 0.640. The van der Waals surface area contributed by atoms with Crippen LogP contribution in [0.25, 0.3) is 0 Å². The molecule has 2 aliphatic carbocycles. The zero-order valence-corrected chi connectivity index (χ0v) is 20.1. The maximum Gasteiger partial charge on any atom is 0.410 e. The molecule has 4 fully saturated rings. The summed E-state index contributed by atoms with van der Waals surface area (Å²) in [6.07, 6.45) is 4.78. The summed E-state index contributed by atoms with van der Waals surface area (Å²) in [7, 11) is 0. The van der Waals surface area contributed by atoms with Crippen molar-refractivity contribution in [3.8, 4) is 11.9 Å². The van der Waals surface area contributed by atoms with E-state index in [1.165, 1.54) is 18.5 Å². The fraction of sp³-hybridized carbons (Fsp3) is 0.538. The highest BCUT2D eigenvalue weighted by molar-refractivity contribution is 5.69. The summed E-state index contributed by atoms with van der Waals surface area (Å²) < 4.78 is 32.6. The molecule has 1 N–H and O–H groups in total. The summed E-state index contributed by atoms with van der Waals surface area (Å²) in [6.45, 7) is 3.96. The third kappa shape index (κ3) is 4.55. The molecule has 1 amide bonds. The molecule has 1 aromatic heterocycles. The molecule has 9 nitrogen and oxygen atoms in total. The van der Waals surface area contributed by atoms with E-state index >= 15 is 0 Å². The number of nitrogens with one attached hydrogen (secondary N) is 1. The van der Waals surface area contributed by atoms with Crippen LogP contribution < -0.4 is 10.1 Å². The van der Waals surface area contributed by atoms with Crippen LogP contribution in [0.1, 0.15) is 49.7 Å². The number of hydrogen-bond donors (Lipinski definition) is 1. The number of halogens is 1. The lowest BCUT2D eigenvalue weighted by Crippen LogP contribution is -2.59. The molecule has 2 atom stereocenters. The molecule has 0 radical (unpaired) electrons. The summed E-state index contributed by atoms with van der Waals surface area (Å²) >= 11 is 0. The number of likely N-dealkylation sites (tertiary alicyclic amines) is 1. The van der Waals surface area contributed by atoms with E-state index in [-0.39, 0.29) is 46.8 Å². The first-order chi connectivity index (χ1) is 17.4. The molecule has 4 aliphatic rings. The van der Waals surface area contributed by atoms with Gasteiger partial charge >= 0.3 is 6.09 Å². The van der Waals surface area contributed by atoms with Gasteiger partial charge in [0.1, 0.15) is 29.7 Å². The third-order valence-corrected chi connectivity index (χ3v) is 7.48. The highest BCUT2D eigenvalue weighted by Gasteiger charge is 2.47. The average molecular weight is 494 g/mol. The number of hydrogen-bond acceptors (Lipinski definition) is 8. The molecule has 188 valence electrons. The van der Waals surface area contributed by atoms with Crippen LogP contribution in [0.2, 0.25) is 0 Å². The first-order valence-corrected chi connectivity index (χ1v) is 12.5. The fourth-order valence-corrected chi connectivity index (χ4v) is 5.05. The van der Waals surface area contributed by atoms with Crippen LogP contribution in [0, 0.1) is 29.0 Å². The first kappa shape index (κ1) is 23.0. The first-order valence-electron chi connectivity index (χ1n) is 12.5. The van der Waals surface area contributed by atoms with Gasteiger partial charge in [0, 0.05) is 24.9 Å². The second-order valence-electron chi connectivity index (χ2n) is 10.5. The Kier molecular flexibility index (Phi) is 5.67. The van der Waals surface area contributed by atoms with Gasteiger partial charge in [-0.3, -0.25) is 0 Å². The predicted molar refractivity (Wildman–Crippen MR) is 126 cm³/mol. The van der Waals surface area contributed by atoms with E-state index in [2.05, 4.69) is 15.3 Å². The van der Waals surface area contributed by atoms with Gasteiger partial charge in [-0.25, -0.2) is 19.2 Å². The van der Waals surface area contributed by atoms with Gasteiger partial charge < -0.3 is 24.4 Å². The lowest BCUT2D eigenvalue weighted by Gasteiger charge is -2.46. The molecule has 2 aromatic rings. The smallest absolute Gasteiger partial charge is 0.410 e. The SMILES string of the molecule is CC1(OC(=O)N2CC3COCC(C2)C3Oc2ncnc(Nc3ccc(C#N)cc3F)c2C2CC2)CC1. The van der Waals surface area contributed by atoms with Crippen molar-refractivity contribution in [2.75, 3.05) is 31.6 Å². The van der Waals surface area contributed by atoms with Crippen LogP contribution in [0.3, 0.4) is 0 Å². The minimum atomic E-state index is -0.525. The molecule has 2 bridgehead atoms. The Labute approximate surface area is 208 Å². The number of piperidine rings is 1. The number of carbonyl (C=O) groups is 1. The molecule has 2 unspecified atom stereocenters. The Morgan fingerprint density at radius 2 is 2.00 bits per heavy atom. The minimum absolute atomic E-state index is 0.00791. The highest BCUT2D eigenvalue weighted by atomic mass is 19.1. The number of fused-ring (bicyclic) bond motifs is 2. The van der Waals surface area contributed by atoms with Crippen molar-refractivity contribution in [3.05, 3.63) is 41.5 Å². The van der Waals surface area contributed by atoms with E-state index in [9.17, 15) is 9.18 Å². The maximum atomic E-state index is 14.6. The Bertz CT molecular complexity index is 1210. The van der Waals surface area contributed by atoms with Gasteiger partial charge in [0.25, 0.3) is 0 Å². The number of rotatable bonds is 6. The molecule has 36 heavy (non-hydrogen) atoms. The molecule has 0 spiro atoms. The van der Waals surface area contributed by atoms with Crippen LogP contribution >= 0.6 is 0 Å². The molecule has 2 saturated heterocycles. The zero-order chi connectivity index (χ0) is 24.9. The van der Waals surface area contributed by atoms with Gasteiger partial charge in [0.2, 0.25) is 5.88 Å². The van der Waals surface area contributed by atoms with E-state index in [0.717, 1.165) is 31.2 Å². The van der Waals surface area contributed by atoms with Crippen LogP contribution in [-0.2, 0) is 9.47 Å². The Morgan fingerprint density at radius 3 is 2.64 bits per heavy atom. The van der Waals surface area contributed by atoms with E-state index < -0.39 is 5.82 Å². The largest absolute Gasteiger partial charge is 0.473 e. The topological polar surface area (TPSA) is 110 Å². The van der Waals surface area contributed by atoms with Crippen molar-refractivity contribution in [3.63, 3.8) is 0 Å². The summed E-state index contributed by atoms with van der Waals surface area (Å²) in [6, 6.07) is 6.23. The molecule has 3 heterocycles. The van der Waals surface area contributed by atoms with Crippen molar-refractivity contribution in [1.29, 1.82) is 5.26 Å². The maximum absolute atomic E-state index is 14.6. The van der Waals surface area contributed by atoms with E-state index in [0.29, 0.717) is 38.0 Å². The molecule has 1 aromatic carbocycles. The second kappa shape index (κ2) is 8.89. The standard InChI is InChI=1S/C26H28FN5O4/c1-26(6-7-26)36-25(33)32-10-17-12-34-13-18(11-32)22(17)35-24-21(16-3-4-16)23(29-14-30-24)31-20-5-2-15(9-28)8-19(20)27/h2,5,8,14,16-18,22H,3-4,6-7,10-13H2,1H3,(H,29,30,31). The van der Waals surface area contributed by atoms with Crippen molar-refractivity contribution in [2.24, 2.45) is 11.8 Å². The minimum Gasteiger partial charge on any atom is -0.473 e. The van der Waals surface area contributed by atoms with Crippen molar-refractivity contribution < 1.29 is 23.4 Å².